The van der Waals surface area contributed by atoms with Gasteiger partial charge < -0.3 is 10.6 Å². The maximum Gasteiger partial charge on any atom is 0.254 e. The van der Waals surface area contributed by atoms with Crippen molar-refractivity contribution in [1.29, 1.82) is 5.41 Å². The smallest absolute Gasteiger partial charge is 0.254 e. The third-order valence-electron chi connectivity index (χ3n) is 2.72. The highest BCUT2D eigenvalue weighted by Gasteiger charge is 2.12. The number of amidine groups is 1. The second-order valence-electron chi connectivity index (χ2n) is 4.08. The molecule has 2 heterocycles. The third kappa shape index (κ3) is 2.39. The van der Waals surface area contributed by atoms with Gasteiger partial charge in [0.2, 0.25) is 0 Å². The van der Waals surface area contributed by atoms with Crippen LogP contribution in [-0.2, 0) is 0 Å². The molecule has 2 aromatic rings. The molecule has 18 heavy (non-hydrogen) atoms. The molecule has 2 rings (SSSR count). The molecule has 0 spiro atoms. The summed E-state index contributed by atoms with van der Waals surface area (Å²) in [5.41, 5.74) is 6.30. The van der Waals surface area contributed by atoms with Gasteiger partial charge in [-0.1, -0.05) is 0 Å². The molecule has 3 N–H and O–H groups in total. The Bertz CT molecular complexity index is 560. The van der Waals surface area contributed by atoms with Gasteiger partial charge in [0.15, 0.2) is 0 Å². The first-order valence-electron chi connectivity index (χ1n) is 5.87. The molecule has 2 aromatic heterocycles. The predicted molar refractivity (Wildman–Crippen MR) is 69.9 cm³/mol. The molecule has 0 radical (unpaired) electrons. The molecular formula is C11H17N7. The molecule has 0 atom stereocenters. The highest BCUT2D eigenvalue weighted by atomic mass is 15.4. The number of nitrogens with zero attached hydrogens (tertiary/aromatic N) is 5. The zero-order valence-electron chi connectivity index (χ0n) is 10.6. The summed E-state index contributed by atoms with van der Waals surface area (Å²) in [6, 6.07) is 1.96. The minimum absolute atomic E-state index is 0.189. The molecule has 7 heteroatoms. The van der Waals surface area contributed by atoms with Gasteiger partial charge in [-0.3, -0.25) is 5.41 Å². The van der Waals surface area contributed by atoms with Gasteiger partial charge in [-0.2, -0.15) is 14.6 Å². The van der Waals surface area contributed by atoms with Crippen molar-refractivity contribution in [3.05, 3.63) is 18.1 Å². The van der Waals surface area contributed by atoms with Crippen LogP contribution in [-0.4, -0.2) is 38.5 Å². The van der Waals surface area contributed by atoms with Crippen LogP contribution in [0.4, 0.5) is 5.82 Å². The summed E-state index contributed by atoms with van der Waals surface area (Å²) in [5.74, 6) is 1.71. The summed E-state index contributed by atoms with van der Waals surface area (Å²) in [6.07, 6.45) is 2.02. The third-order valence-corrected chi connectivity index (χ3v) is 2.72. The highest BCUT2D eigenvalue weighted by Crippen LogP contribution is 2.15. The SMILES string of the molecule is CCN(CCC(=N)N)c1cc(C)nc2ncnn12. The quantitative estimate of drug-likeness (QED) is 0.595. The second-order valence-corrected chi connectivity index (χ2v) is 4.08. The van der Waals surface area contributed by atoms with Crippen molar-refractivity contribution >= 4 is 17.4 Å². The molecule has 96 valence electrons. The Hall–Kier alpha value is -2.18. The second kappa shape index (κ2) is 4.99. The minimum atomic E-state index is 0.189. The largest absolute Gasteiger partial charge is 0.388 e. The molecule has 0 amide bonds. The van der Waals surface area contributed by atoms with E-state index in [2.05, 4.69) is 26.9 Å². The van der Waals surface area contributed by atoms with E-state index in [4.69, 9.17) is 11.1 Å². The van der Waals surface area contributed by atoms with Crippen LogP contribution in [0.5, 0.6) is 0 Å². The van der Waals surface area contributed by atoms with Crippen LogP contribution >= 0.6 is 0 Å². The van der Waals surface area contributed by atoms with E-state index in [0.29, 0.717) is 18.7 Å². The fourth-order valence-electron chi connectivity index (χ4n) is 1.83. The molecule has 0 fully saturated rings. The molecular weight excluding hydrogens is 230 g/mol. The van der Waals surface area contributed by atoms with Gasteiger partial charge in [0, 0.05) is 31.3 Å². The van der Waals surface area contributed by atoms with Gasteiger partial charge >= 0.3 is 0 Å². The molecule has 0 aliphatic rings. The van der Waals surface area contributed by atoms with E-state index >= 15 is 0 Å². The number of anilines is 1. The highest BCUT2D eigenvalue weighted by molar-refractivity contribution is 5.77. The van der Waals surface area contributed by atoms with Crippen molar-refractivity contribution in [2.75, 3.05) is 18.0 Å². The average molecular weight is 247 g/mol. The summed E-state index contributed by atoms with van der Waals surface area (Å²) < 4.78 is 1.70. The van der Waals surface area contributed by atoms with Crippen molar-refractivity contribution < 1.29 is 0 Å². The van der Waals surface area contributed by atoms with Crippen LogP contribution in [0, 0.1) is 12.3 Å². The van der Waals surface area contributed by atoms with E-state index in [1.54, 1.807) is 4.52 Å². The first-order valence-corrected chi connectivity index (χ1v) is 5.87. The lowest BCUT2D eigenvalue weighted by Gasteiger charge is -2.23. The van der Waals surface area contributed by atoms with Crippen LogP contribution in [0.1, 0.15) is 19.0 Å². The Kier molecular flexibility index (Phi) is 3.40. The van der Waals surface area contributed by atoms with E-state index < -0.39 is 0 Å². The van der Waals surface area contributed by atoms with Crippen molar-refractivity contribution in [1.82, 2.24) is 19.6 Å². The lowest BCUT2D eigenvalue weighted by Crippen LogP contribution is -2.29. The predicted octanol–water partition coefficient (Wildman–Crippen LogP) is 0.585. The summed E-state index contributed by atoms with van der Waals surface area (Å²) in [7, 11) is 0. The number of hydrogen-bond acceptors (Lipinski definition) is 5. The summed E-state index contributed by atoms with van der Waals surface area (Å²) in [5, 5.41) is 11.5. The van der Waals surface area contributed by atoms with Crippen LogP contribution in [0.25, 0.3) is 5.78 Å². The molecule has 0 bridgehead atoms. The topological polar surface area (TPSA) is 96.2 Å². The van der Waals surface area contributed by atoms with E-state index in [1.807, 2.05) is 13.0 Å². The molecule has 0 saturated heterocycles. The summed E-state index contributed by atoms with van der Waals surface area (Å²) in [4.78, 5) is 10.5. The van der Waals surface area contributed by atoms with E-state index in [0.717, 1.165) is 18.1 Å². The Morgan fingerprint density at radius 3 is 3.00 bits per heavy atom. The number of rotatable bonds is 5. The fraction of sp³-hybridized carbons (Fsp3) is 0.455. The van der Waals surface area contributed by atoms with Crippen LogP contribution in [0.15, 0.2) is 12.4 Å². The zero-order valence-corrected chi connectivity index (χ0v) is 10.6. The Morgan fingerprint density at radius 1 is 1.56 bits per heavy atom. The summed E-state index contributed by atoms with van der Waals surface area (Å²) >= 11 is 0. The lowest BCUT2D eigenvalue weighted by molar-refractivity contribution is 0.776. The maximum absolute atomic E-state index is 7.30. The molecule has 0 aliphatic carbocycles. The minimum Gasteiger partial charge on any atom is -0.388 e. The van der Waals surface area contributed by atoms with Crippen molar-refractivity contribution in [3.63, 3.8) is 0 Å². The van der Waals surface area contributed by atoms with Gasteiger partial charge in [0.25, 0.3) is 5.78 Å². The van der Waals surface area contributed by atoms with Gasteiger partial charge in [-0.25, -0.2) is 4.98 Å². The number of hydrogen-bond donors (Lipinski definition) is 2. The van der Waals surface area contributed by atoms with Gasteiger partial charge in [0.1, 0.15) is 12.1 Å². The summed E-state index contributed by atoms with van der Waals surface area (Å²) in [6.45, 7) is 5.48. The molecule has 0 saturated carbocycles. The van der Waals surface area contributed by atoms with Gasteiger partial charge in [-0.15, -0.1) is 0 Å². The van der Waals surface area contributed by atoms with Crippen LogP contribution in [0.2, 0.25) is 0 Å². The van der Waals surface area contributed by atoms with Crippen LogP contribution in [0.3, 0.4) is 0 Å². The number of nitrogens with two attached hydrogens (primary N) is 1. The van der Waals surface area contributed by atoms with E-state index in [-0.39, 0.29) is 5.84 Å². The standard InChI is InChI=1S/C11H17N7/c1-3-17(5-4-9(12)13)10-6-8(2)16-11-14-7-15-18(10)11/h6-7H,3-5H2,1-2H3,(H3,12,13). The molecule has 0 aromatic carbocycles. The number of aromatic nitrogens is 4. The van der Waals surface area contributed by atoms with Crippen molar-refractivity contribution in [2.24, 2.45) is 5.73 Å². The van der Waals surface area contributed by atoms with E-state index in [9.17, 15) is 0 Å². The molecule has 0 unspecified atom stereocenters. The first-order chi connectivity index (χ1) is 8.61. The van der Waals surface area contributed by atoms with Gasteiger partial charge in [-0.05, 0) is 13.8 Å². The number of nitrogens with one attached hydrogen (secondary N) is 1. The monoisotopic (exact) mass is 247 g/mol. The van der Waals surface area contributed by atoms with Gasteiger partial charge in [0.05, 0.1) is 5.84 Å². The lowest BCUT2D eigenvalue weighted by atomic mass is 10.3. The van der Waals surface area contributed by atoms with E-state index in [1.165, 1.54) is 6.33 Å². The van der Waals surface area contributed by atoms with Crippen molar-refractivity contribution in [2.45, 2.75) is 20.3 Å². The first kappa shape index (κ1) is 12.3. The normalized spacial score (nSPS) is 10.8. The van der Waals surface area contributed by atoms with Crippen LogP contribution < -0.4 is 10.6 Å². The Labute approximate surface area is 105 Å². The Balaban J connectivity index is 2.37. The Morgan fingerprint density at radius 2 is 2.33 bits per heavy atom. The molecule has 7 nitrogen and oxygen atoms in total. The fourth-order valence-corrected chi connectivity index (χ4v) is 1.83. The average Bonchev–Trinajstić information content (AvgIpc) is 2.77. The maximum atomic E-state index is 7.30. The number of fused-ring (bicyclic) bond motifs is 1. The zero-order chi connectivity index (χ0) is 13.1. The molecule has 0 aliphatic heterocycles. The van der Waals surface area contributed by atoms with Crippen molar-refractivity contribution in [3.8, 4) is 0 Å². The number of aryl methyl sites for hydroxylation is 1.